The first-order valence-electron chi connectivity index (χ1n) is 7.51. The highest BCUT2D eigenvalue weighted by Crippen LogP contribution is 2.27. The molecule has 0 aliphatic heterocycles. The Morgan fingerprint density at radius 2 is 1.81 bits per heavy atom. The van der Waals surface area contributed by atoms with E-state index in [1.54, 1.807) is 0 Å². The fourth-order valence-electron chi connectivity index (χ4n) is 2.10. The summed E-state index contributed by atoms with van der Waals surface area (Å²) in [7, 11) is 0. The molecule has 0 unspecified atom stereocenters. The van der Waals surface area contributed by atoms with Crippen molar-refractivity contribution in [2.45, 2.75) is 51.9 Å². The molecule has 4 nitrogen and oxygen atoms in total. The summed E-state index contributed by atoms with van der Waals surface area (Å²) in [5.74, 6) is -1.45. The fourth-order valence-corrected chi connectivity index (χ4v) is 2.10. The molecule has 0 saturated carbocycles. The highest BCUT2D eigenvalue weighted by Gasteiger charge is 2.09. The number of phenols is 2. The molecule has 3 N–H and O–H groups in total. The van der Waals surface area contributed by atoms with E-state index in [2.05, 4.69) is 12.2 Å². The van der Waals surface area contributed by atoms with Gasteiger partial charge in [0.2, 0.25) is 5.91 Å². The van der Waals surface area contributed by atoms with Gasteiger partial charge in [0.15, 0.2) is 11.5 Å². The summed E-state index contributed by atoms with van der Waals surface area (Å²) in [6.07, 6.45) is 6.24. The number of unbranched alkanes of at least 4 members (excludes halogenated alkanes) is 4. The number of aromatic hydroxyl groups is 2. The number of rotatable bonds is 9. The van der Waals surface area contributed by atoms with Crippen LogP contribution in [0.25, 0.3) is 0 Å². The van der Waals surface area contributed by atoms with Crippen LogP contribution in [0.4, 0.5) is 4.39 Å². The second kappa shape index (κ2) is 9.21. The second-order valence-corrected chi connectivity index (χ2v) is 5.20. The third-order valence-electron chi connectivity index (χ3n) is 3.37. The third kappa shape index (κ3) is 6.47. The Labute approximate surface area is 125 Å². The van der Waals surface area contributed by atoms with Crippen LogP contribution in [-0.2, 0) is 11.2 Å². The number of hydrogen-bond acceptors (Lipinski definition) is 3. The molecule has 5 heteroatoms. The molecule has 0 saturated heterocycles. The maximum Gasteiger partial charge on any atom is 0.220 e. The topological polar surface area (TPSA) is 69.6 Å². The van der Waals surface area contributed by atoms with Crippen molar-refractivity contribution < 1.29 is 19.4 Å². The van der Waals surface area contributed by atoms with Crippen LogP contribution >= 0.6 is 0 Å². The smallest absolute Gasteiger partial charge is 0.220 e. The molecule has 1 aromatic carbocycles. The largest absolute Gasteiger partial charge is 0.504 e. The minimum atomic E-state index is -0.584. The predicted octanol–water partition coefficient (Wildman–Crippen LogP) is 3.26. The Balaban J connectivity index is 2.24. The lowest BCUT2D eigenvalue weighted by molar-refractivity contribution is -0.121. The first-order chi connectivity index (χ1) is 10.0. The van der Waals surface area contributed by atoms with Gasteiger partial charge in [0.25, 0.3) is 0 Å². The van der Waals surface area contributed by atoms with Crippen LogP contribution in [-0.4, -0.2) is 22.7 Å². The summed E-state index contributed by atoms with van der Waals surface area (Å²) in [4.78, 5) is 11.6. The number of benzene rings is 1. The van der Waals surface area contributed by atoms with Gasteiger partial charge in [-0.3, -0.25) is 4.79 Å². The molecule has 0 bridgehead atoms. The zero-order valence-corrected chi connectivity index (χ0v) is 12.5. The van der Waals surface area contributed by atoms with E-state index in [0.717, 1.165) is 25.3 Å². The van der Waals surface area contributed by atoms with Crippen molar-refractivity contribution in [1.29, 1.82) is 0 Å². The van der Waals surface area contributed by atoms with E-state index in [9.17, 15) is 14.3 Å². The maximum atomic E-state index is 13.5. The lowest BCUT2D eigenvalue weighted by atomic mass is 10.1. The van der Waals surface area contributed by atoms with E-state index >= 15 is 0 Å². The summed E-state index contributed by atoms with van der Waals surface area (Å²) in [6, 6.07) is 2.06. The number of amides is 1. The molecule has 1 amide bonds. The summed E-state index contributed by atoms with van der Waals surface area (Å²) in [5, 5.41) is 21.2. The number of halogens is 1. The molecular weight excluding hydrogens is 272 g/mol. The second-order valence-electron chi connectivity index (χ2n) is 5.20. The van der Waals surface area contributed by atoms with Gasteiger partial charge in [-0.1, -0.05) is 32.6 Å². The van der Waals surface area contributed by atoms with Crippen LogP contribution in [0, 0.1) is 5.82 Å². The highest BCUT2D eigenvalue weighted by atomic mass is 18.2. The van der Waals surface area contributed by atoms with Crippen LogP contribution in [0.15, 0.2) is 12.1 Å². The van der Waals surface area contributed by atoms with Crippen molar-refractivity contribution >= 4 is 5.91 Å². The quantitative estimate of drug-likeness (QED) is 0.484. The minimum Gasteiger partial charge on any atom is -0.504 e. The van der Waals surface area contributed by atoms with Gasteiger partial charge in [0.05, 0.1) is 0 Å². The lowest BCUT2D eigenvalue weighted by Crippen LogP contribution is -2.25. The Kier molecular flexibility index (Phi) is 7.58. The average Bonchev–Trinajstić information content (AvgIpc) is 2.44. The lowest BCUT2D eigenvalue weighted by Gasteiger charge is -2.07. The van der Waals surface area contributed by atoms with Crippen molar-refractivity contribution in [2.24, 2.45) is 0 Å². The van der Waals surface area contributed by atoms with Crippen LogP contribution < -0.4 is 5.32 Å². The van der Waals surface area contributed by atoms with E-state index < -0.39 is 11.6 Å². The molecule has 1 aromatic rings. The molecule has 21 heavy (non-hydrogen) atoms. The normalized spacial score (nSPS) is 10.6. The van der Waals surface area contributed by atoms with Crippen LogP contribution in [0.3, 0.4) is 0 Å². The molecule has 1 rings (SSSR count). The molecule has 0 aliphatic rings. The minimum absolute atomic E-state index is 0.0325. The van der Waals surface area contributed by atoms with E-state index in [4.69, 9.17) is 5.11 Å². The number of carbonyl (C=O) groups is 1. The van der Waals surface area contributed by atoms with Gasteiger partial charge >= 0.3 is 0 Å². The molecular formula is C16H24FNO3. The maximum absolute atomic E-state index is 13.5. The van der Waals surface area contributed by atoms with Gasteiger partial charge in [-0.05, 0) is 24.5 Å². The summed E-state index contributed by atoms with van der Waals surface area (Å²) >= 11 is 0. The number of hydrogen-bond donors (Lipinski definition) is 3. The van der Waals surface area contributed by atoms with Crippen molar-refractivity contribution in [3.63, 3.8) is 0 Å². The third-order valence-corrected chi connectivity index (χ3v) is 3.37. The first kappa shape index (κ1) is 17.3. The average molecular weight is 296 g/mol. The first-order valence-corrected chi connectivity index (χ1v) is 7.51. The molecule has 0 fully saturated rings. The fraction of sp³-hybridized carbons (Fsp3) is 0.562. The Bertz CT molecular complexity index is 463. The van der Waals surface area contributed by atoms with Gasteiger partial charge in [-0.15, -0.1) is 0 Å². The van der Waals surface area contributed by atoms with Gasteiger partial charge in [0, 0.05) is 19.0 Å². The van der Waals surface area contributed by atoms with Crippen LogP contribution in [0.2, 0.25) is 0 Å². The molecule has 0 aromatic heterocycles. The van der Waals surface area contributed by atoms with E-state index in [1.165, 1.54) is 18.9 Å². The zero-order valence-electron chi connectivity index (χ0n) is 12.5. The van der Waals surface area contributed by atoms with Crippen molar-refractivity contribution in [2.75, 3.05) is 6.54 Å². The van der Waals surface area contributed by atoms with Gasteiger partial charge < -0.3 is 15.5 Å². The number of nitrogens with one attached hydrogen (secondary N) is 1. The van der Waals surface area contributed by atoms with Crippen molar-refractivity contribution in [1.82, 2.24) is 5.32 Å². The van der Waals surface area contributed by atoms with E-state index in [-0.39, 0.29) is 23.6 Å². The van der Waals surface area contributed by atoms with Crippen LogP contribution in [0.5, 0.6) is 11.5 Å². The SMILES string of the molecule is CCCCCCCC(=O)NCCc1cc(O)c(O)cc1[18F]. The number of phenolic OH excluding ortho intramolecular Hbond substituents is 2. The van der Waals surface area contributed by atoms with Gasteiger partial charge in [-0.2, -0.15) is 0 Å². The van der Waals surface area contributed by atoms with Crippen molar-refractivity contribution in [3.05, 3.63) is 23.5 Å². The predicted molar refractivity (Wildman–Crippen MR) is 79.8 cm³/mol. The van der Waals surface area contributed by atoms with Crippen molar-refractivity contribution in [3.8, 4) is 11.5 Å². The van der Waals surface area contributed by atoms with E-state index in [0.29, 0.717) is 13.0 Å². The van der Waals surface area contributed by atoms with E-state index in [1.807, 2.05) is 0 Å². The Morgan fingerprint density at radius 3 is 2.52 bits per heavy atom. The summed E-state index contributed by atoms with van der Waals surface area (Å²) in [5.41, 5.74) is 0.272. The van der Waals surface area contributed by atoms with Crippen LogP contribution in [0.1, 0.15) is 51.0 Å². The summed E-state index contributed by atoms with van der Waals surface area (Å²) < 4.78 is 13.5. The molecule has 0 radical (unpaired) electrons. The highest BCUT2D eigenvalue weighted by molar-refractivity contribution is 5.75. The summed E-state index contributed by atoms with van der Waals surface area (Å²) in [6.45, 7) is 2.46. The zero-order chi connectivity index (χ0) is 15.7. The number of carbonyl (C=O) groups excluding carboxylic acids is 1. The Morgan fingerprint density at radius 1 is 1.14 bits per heavy atom. The monoisotopic (exact) mass is 296 g/mol. The van der Waals surface area contributed by atoms with Gasteiger partial charge in [-0.25, -0.2) is 4.39 Å². The van der Waals surface area contributed by atoms with Gasteiger partial charge in [0.1, 0.15) is 5.82 Å². The molecule has 0 heterocycles. The molecule has 0 aliphatic carbocycles. The standard InChI is InChI=1S/C16H24FNO3/c1-2-3-4-5-6-7-16(21)18-9-8-12-10-14(19)15(20)11-13(12)17/h10-11,19-20H,2-9H2,1H3,(H,18,21)/i17-1. The molecule has 0 spiro atoms. The molecule has 0 atom stereocenters. The Hall–Kier alpha value is -1.78. The molecule has 118 valence electrons.